The van der Waals surface area contributed by atoms with Gasteiger partial charge >= 0.3 is 0 Å². The Morgan fingerprint density at radius 3 is 2.45 bits per heavy atom. The fourth-order valence-electron chi connectivity index (χ4n) is 2.96. The van der Waals surface area contributed by atoms with Gasteiger partial charge in [-0.25, -0.2) is 8.42 Å². The van der Waals surface area contributed by atoms with Gasteiger partial charge in [-0.15, -0.1) is 6.58 Å². The second-order valence-electron chi connectivity index (χ2n) is 6.46. The highest BCUT2D eigenvalue weighted by molar-refractivity contribution is 7.92. The minimum atomic E-state index is -3.98. The predicted molar refractivity (Wildman–Crippen MR) is 124 cm³/mol. The smallest absolute Gasteiger partial charge is 0.264 e. The maximum absolute atomic E-state index is 13.4. The van der Waals surface area contributed by atoms with Gasteiger partial charge in [-0.05, 0) is 42.5 Å². The molecule has 8 heteroatoms. The first-order valence-corrected chi connectivity index (χ1v) is 11.1. The molecule has 0 bridgehead atoms. The standard InChI is InChI=1S/C23H21ClN2O4S/c1-3-15-26(17-9-5-4-6-10-17)31(28,29)18-13-14-20(24)19(16-18)23(27)25-21-11-7-8-12-22(21)30-2/h3-14,16H,1,15H2,2H3,(H,25,27). The van der Waals surface area contributed by atoms with Crippen LogP contribution in [0.5, 0.6) is 5.75 Å². The van der Waals surface area contributed by atoms with Gasteiger partial charge in [-0.1, -0.05) is 48.0 Å². The number of hydrogen-bond donors (Lipinski definition) is 1. The zero-order valence-electron chi connectivity index (χ0n) is 16.8. The third-order valence-corrected chi connectivity index (χ3v) is 6.58. The number of carbonyl (C=O) groups excluding carboxylic acids is 1. The van der Waals surface area contributed by atoms with Crippen molar-refractivity contribution in [1.82, 2.24) is 0 Å². The van der Waals surface area contributed by atoms with E-state index >= 15 is 0 Å². The van der Waals surface area contributed by atoms with E-state index in [2.05, 4.69) is 11.9 Å². The van der Waals surface area contributed by atoms with Crippen LogP contribution >= 0.6 is 11.6 Å². The molecule has 160 valence electrons. The van der Waals surface area contributed by atoms with E-state index < -0.39 is 15.9 Å². The van der Waals surface area contributed by atoms with Gasteiger partial charge in [0.15, 0.2) is 0 Å². The lowest BCUT2D eigenvalue weighted by atomic mass is 10.2. The highest BCUT2D eigenvalue weighted by atomic mass is 35.5. The zero-order valence-corrected chi connectivity index (χ0v) is 18.4. The van der Waals surface area contributed by atoms with Crippen molar-refractivity contribution in [3.05, 3.63) is 96.0 Å². The second kappa shape index (κ2) is 9.68. The number of rotatable bonds is 8. The number of nitrogens with one attached hydrogen (secondary N) is 1. The molecule has 6 nitrogen and oxygen atoms in total. The number of methoxy groups -OCH3 is 1. The lowest BCUT2D eigenvalue weighted by molar-refractivity contribution is 0.102. The number of para-hydroxylation sites is 3. The maximum atomic E-state index is 13.4. The van der Waals surface area contributed by atoms with Gasteiger partial charge in [0, 0.05) is 0 Å². The summed E-state index contributed by atoms with van der Waals surface area (Å²) >= 11 is 6.22. The van der Waals surface area contributed by atoms with E-state index in [-0.39, 0.29) is 22.0 Å². The summed E-state index contributed by atoms with van der Waals surface area (Å²) in [6.07, 6.45) is 1.50. The van der Waals surface area contributed by atoms with Crippen LogP contribution < -0.4 is 14.4 Å². The van der Waals surface area contributed by atoms with Crippen molar-refractivity contribution in [2.45, 2.75) is 4.90 Å². The molecule has 0 spiro atoms. The molecule has 1 amide bonds. The largest absolute Gasteiger partial charge is 0.495 e. The SMILES string of the molecule is C=CCN(c1ccccc1)S(=O)(=O)c1ccc(Cl)c(C(=O)Nc2ccccc2OC)c1. The molecule has 0 atom stereocenters. The van der Waals surface area contributed by atoms with Crippen LogP contribution in [-0.2, 0) is 10.0 Å². The molecule has 1 N–H and O–H groups in total. The number of ether oxygens (including phenoxy) is 1. The first kappa shape index (κ1) is 22.4. The van der Waals surface area contributed by atoms with E-state index in [9.17, 15) is 13.2 Å². The quantitative estimate of drug-likeness (QED) is 0.485. The van der Waals surface area contributed by atoms with Crippen molar-refractivity contribution in [1.29, 1.82) is 0 Å². The molecule has 0 aliphatic carbocycles. The number of amides is 1. The molecule has 3 aromatic carbocycles. The van der Waals surface area contributed by atoms with E-state index in [1.807, 2.05) is 0 Å². The van der Waals surface area contributed by atoms with Gasteiger partial charge < -0.3 is 10.1 Å². The van der Waals surface area contributed by atoms with Crippen LogP contribution in [0.15, 0.2) is 90.3 Å². The van der Waals surface area contributed by atoms with Crippen molar-refractivity contribution in [3.8, 4) is 5.75 Å². The summed E-state index contributed by atoms with van der Waals surface area (Å²) in [5.41, 5.74) is 0.953. The fraction of sp³-hybridized carbons (Fsp3) is 0.0870. The van der Waals surface area contributed by atoms with Crippen LogP contribution in [0.1, 0.15) is 10.4 Å². The predicted octanol–water partition coefficient (Wildman–Crippen LogP) is 4.98. The molecule has 0 aromatic heterocycles. The molecule has 0 saturated carbocycles. The molecular weight excluding hydrogens is 436 g/mol. The average Bonchev–Trinajstić information content (AvgIpc) is 2.78. The van der Waals surface area contributed by atoms with Crippen LogP contribution in [0.25, 0.3) is 0 Å². The fourth-order valence-corrected chi connectivity index (χ4v) is 4.62. The second-order valence-corrected chi connectivity index (χ2v) is 8.73. The Hall–Kier alpha value is -3.29. The Morgan fingerprint density at radius 2 is 1.77 bits per heavy atom. The molecule has 3 rings (SSSR count). The number of benzene rings is 3. The van der Waals surface area contributed by atoms with Crippen LogP contribution in [-0.4, -0.2) is 28.0 Å². The molecule has 0 aliphatic rings. The normalized spacial score (nSPS) is 10.9. The van der Waals surface area contributed by atoms with Gasteiger partial charge in [0.05, 0.1) is 40.5 Å². The Balaban J connectivity index is 1.99. The first-order valence-electron chi connectivity index (χ1n) is 9.31. The van der Waals surface area contributed by atoms with Gasteiger partial charge in [-0.3, -0.25) is 9.10 Å². The number of anilines is 2. The third-order valence-electron chi connectivity index (χ3n) is 4.46. The minimum absolute atomic E-state index is 0.0280. The highest BCUT2D eigenvalue weighted by Crippen LogP contribution is 2.29. The summed E-state index contributed by atoms with van der Waals surface area (Å²) in [4.78, 5) is 12.8. The van der Waals surface area contributed by atoms with Crippen molar-refractivity contribution in [2.24, 2.45) is 0 Å². The zero-order chi connectivity index (χ0) is 22.4. The van der Waals surface area contributed by atoms with Gasteiger partial charge in [0.25, 0.3) is 15.9 Å². The number of sulfonamides is 1. The van der Waals surface area contributed by atoms with E-state index in [0.717, 1.165) is 0 Å². The summed E-state index contributed by atoms with van der Waals surface area (Å²) in [6, 6.07) is 19.6. The Kier molecular flexibility index (Phi) is 6.99. The summed E-state index contributed by atoms with van der Waals surface area (Å²) in [5, 5.41) is 2.84. The molecule has 0 saturated heterocycles. The summed E-state index contributed by atoms with van der Waals surface area (Å²) in [7, 11) is -2.49. The summed E-state index contributed by atoms with van der Waals surface area (Å²) in [5.74, 6) is -0.0847. The molecule has 0 unspecified atom stereocenters. The Bertz CT molecular complexity index is 1200. The molecule has 0 heterocycles. The molecule has 0 aliphatic heterocycles. The van der Waals surface area contributed by atoms with Crippen LogP contribution in [0, 0.1) is 0 Å². The van der Waals surface area contributed by atoms with E-state index in [1.165, 1.54) is 35.7 Å². The number of halogens is 1. The molecule has 3 aromatic rings. The number of carbonyl (C=O) groups is 1. The van der Waals surface area contributed by atoms with Crippen molar-refractivity contribution < 1.29 is 17.9 Å². The average molecular weight is 457 g/mol. The van der Waals surface area contributed by atoms with E-state index in [0.29, 0.717) is 17.1 Å². The maximum Gasteiger partial charge on any atom is 0.264 e. The highest BCUT2D eigenvalue weighted by Gasteiger charge is 2.26. The lowest BCUT2D eigenvalue weighted by Crippen LogP contribution is -2.31. The van der Waals surface area contributed by atoms with Crippen LogP contribution in [0.3, 0.4) is 0 Å². The minimum Gasteiger partial charge on any atom is -0.495 e. The lowest BCUT2D eigenvalue weighted by Gasteiger charge is -2.23. The molecule has 0 radical (unpaired) electrons. The topological polar surface area (TPSA) is 75.7 Å². The van der Waals surface area contributed by atoms with Crippen molar-refractivity contribution >= 4 is 38.9 Å². The molecule has 31 heavy (non-hydrogen) atoms. The molecule has 0 fully saturated rings. The van der Waals surface area contributed by atoms with Gasteiger partial charge in [0.1, 0.15) is 5.75 Å². The Labute approximate surface area is 186 Å². The van der Waals surface area contributed by atoms with Crippen LogP contribution in [0.2, 0.25) is 5.02 Å². The molecular formula is C23H21ClN2O4S. The van der Waals surface area contributed by atoms with Gasteiger partial charge in [-0.2, -0.15) is 0 Å². The first-order chi connectivity index (χ1) is 14.9. The number of hydrogen-bond acceptors (Lipinski definition) is 4. The monoisotopic (exact) mass is 456 g/mol. The summed E-state index contributed by atoms with van der Waals surface area (Å²) < 4.78 is 33.2. The van der Waals surface area contributed by atoms with E-state index in [4.69, 9.17) is 16.3 Å². The summed E-state index contributed by atoms with van der Waals surface area (Å²) in [6.45, 7) is 3.72. The number of nitrogens with zero attached hydrogens (tertiary/aromatic N) is 1. The third kappa shape index (κ3) is 4.90. The van der Waals surface area contributed by atoms with Gasteiger partial charge in [0.2, 0.25) is 0 Å². The van der Waals surface area contributed by atoms with Crippen LogP contribution in [0.4, 0.5) is 11.4 Å². The van der Waals surface area contributed by atoms with Crippen molar-refractivity contribution in [2.75, 3.05) is 23.3 Å². The van der Waals surface area contributed by atoms with Crippen molar-refractivity contribution in [3.63, 3.8) is 0 Å². The Morgan fingerprint density at radius 1 is 1.10 bits per heavy atom. The van der Waals surface area contributed by atoms with E-state index in [1.54, 1.807) is 54.6 Å².